The average Bonchev–Trinajstić information content (AvgIpc) is 3.38. The molecule has 15 heteroatoms. The summed E-state index contributed by atoms with van der Waals surface area (Å²) in [7, 11) is 1.91. The second-order valence-corrected chi connectivity index (χ2v) is 16.7. The molecular formula is C36H50N8O6S. The van der Waals surface area contributed by atoms with Crippen LogP contribution < -0.4 is 26.0 Å². The van der Waals surface area contributed by atoms with Crippen molar-refractivity contribution < 1.29 is 28.7 Å². The third-order valence-corrected chi connectivity index (χ3v) is 9.97. The number of rotatable bonds is 12. The summed E-state index contributed by atoms with van der Waals surface area (Å²) in [6, 6.07) is 0.110. The molecule has 4 atom stereocenters. The number of ether oxygens (including phenoxy) is 1. The highest BCUT2D eigenvalue weighted by Gasteiger charge is 2.47. The van der Waals surface area contributed by atoms with Crippen LogP contribution in [0.25, 0.3) is 20.8 Å². The molecule has 1 aliphatic carbocycles. The normalized spacial score (nSPS) is 18.9. The van der Waals surface area contributed by atoms with E-state index in [1.165, 1.54) is 16.2 Å². The van der Waals surface area contributed by atoms with Gasteiger partial charge in [-0.15, -0.1) is 11.3 Å². The second kappa shape index (κ2) is 15.0. The number of pyridine rings is 1. The zero-order valence-corrected chi connectivity index (χ0v) is 31.5. The van der Waals surface area contributed by atoms with Gasteiger partial charge in [0.1, 0.15) is 23.9 Å². The Labute approximate surface area is 302 Å². The van der Waals surface area contributed by atoms with Crippen molar-refractivity contribution in [2.75, 3.05) is 6.54 Å². The number of nitrogens with zero attached hydrogens (tertiary/aromatic N) is 4. The molecule has 4 N–H and O–H groups in total. The van der Waals surface area contributed by atoms with Gasteiger partial charge in [0.15, 0.2) is 0 Å². The van der Waals surface area contributed by atoms with Crippen molar-refractivity contribution in [3.8, 4) is 16.3 Å². The van der Waals surface area contributed by atoms with Gasteiger partial charge in [-0.3, -0.25) is 24.2 Å². The molecule has 0 unspecified atom stereocenters. The van der Waals surface area contributed by atoms with Crippen molar-refractivity contribution >= 4 is 51.1 Å². The van der Waals surface area contributed by atoms with Gasteiger partial charge in [0.25, 0.3) is 5.91 Å². The largest absolute Gasteiger partial charge is 0.487 e. The molecule has 0 aromatic carbocycles. The zero-order chi connectivity index (χ0) is 37.2. The number of hydrogen-bond donors (Lipinski definition) is 4. The molecule has 51 heavy (non-hydrogen) atoms. The van der Waals surface area contributed by atoms with E-state index < -0.39 is 64.7 Å². The summed E-state index contributed by atoms with van der Waals surface area (Å²) in [5, 5.41) is 11.2. The number of ketones is 1. The van der Waals surface area contributed by atoms with Crippen LogP contribution in [0.3, 0.4) is 0 Å². The third-order valence-electron chi connectivity index (χ3n) is 8.81. The van der Waals surface area contributed by atoms with Crippen molar-refractivity contribution in [1.29, 1.82) is 0 Å². The van der Waals surface area contributed by atoms with Crippen LogP contribution >= 0.6 is 11.3 Å². The minimum absolute atomic E-state index is 0.0131. The van der Waals surface area contributed by atoms with E-state index in [0.717, 1.165) is 33.6 Å². The van der Waals surface area contributed by atoms with Gasteiger partial charge < -0.3 is 35.5 Å². The summed E-state index contributed by atoms with van der Waals surface area (Å²) < 4.78 is 9.28. The number of hydrogen-bond acceptors (Lipinski definition) is 9. The van der Waals surface area contributed by atoms with Gasteiger partial charge in [-0.2, -0.15) is 0 Å². The monoisotopic (exact) mass is 722 g/mol. The Kier molecular flexibility index (Phi) is 11.1. The fraction of sp³-hybridized carbons (Fsp3) is 0.583. The number of aryl methyl sites for hydroxylation is 1. The molecule has 2 fully saturated rings. The molecule has 0 spiro atoms. The van der Waals surface area contributed by atoms with Gasteiger partial charge in [0.05, 0.1) is 45.9 Å². The molecule has 1 saturated carbocycles. The van der Waals surface area contributed by atoms with Gasteiger partial charge in [-0.1, -0.05) is 34.1 Å². The molecular weight excluding hydrogens is 673 g/mol. The highest BCUT2D eigenvalue weighted by molar-refractivity contribution is 7.22. The van der Waals surface area contributed by atoms with E-state index in [2.05, 4.69) is 31.2 Å². The van der Waals surface area contributed by atoms with E-state index in [9.17, 15) is 24.0 Å². The van der Waals surface area contributed by atoms with Crippen molar-refractivity contribution in [1.82, 2.24) is 40.7 Å². The number of urea groups is 1. The quantitative estimate of drug-likeness (QED) is 0.205. The molecule has 4 heterocycles. The number of amides is 5. The summed E-state index contributed by atoms with van der Waals surface area (Å²) in [5.41, 5.74) is 0.383. The number of carbonyl (C=O) groups excluding carboxylic acids is 5. The molecule has 1 aliphatic heterocycles. The molecule has 3 aromatic rings. The predicted octanol–water partition coefficient (Wildman–Crippen LogP) is 3.69. The number of thiophene rings is 1. The molecule has 14 nitrogen and oxygen atoms in total. The maximum absolute atomic E-state index is 14.5. The minimum atomic E-state index is -1.05. The number of Topliss-reactive ketones (excluding diaryl/α,β-unsaturated/α-hetero) is 1. The topological polar surface area (TPSA) is 177 Å². The standard InChI is InChI=1S/C36H50N8O6S/c1-9-10-22(28(45)32(47)39-20-11-12-20)40-31(46)24-15-21(18-44(24)33(48)30(35(2,3)4)41-34(49)42-36(5,6)7)50-26-13-14-38-23-16-27(51-29(23)26)25-17-37-19-43(25)8/h13-14,16-17,19-22,24,30H,9-12,15,18H2,1-8H3,(H,39,47)(H,40,46)(H2,41,42,49)/t21-,22+,24+,30-/m1/s1. The molecule has 276 valence electrons. The summed E-state index contributed by atoms with van der Waals surface area (Å²) in [6.45, 7) is 12.9. The third kappa shape index (κ3) is 9.23. The summed E-state index contributed by atoms with van der Waals surface area (Å²) in [6.07, 6.45) is 7.11. The van der Waals surface area contributed by atoms with E-state index in [1.54, 1.807) is 24.8 Å². The average molecular weight is 723 g/mol. The van der Waals surface area contributed by atoms with Crippen LogP contribution in [0.15, 0.2) is 30.9 Å². The van der Waals surface area contributed by atoms with Crippen molar-refractivity contribution in [3.63, 3.8) is 0 Å². The van der Waals surface area contributed by atoms with E-state index in [-0.39, 0.29) is 25.4 Å². The molecule has 0 bridgehead atoms. The van der Waals surface area contributed by atoms with Gasteiger partial charge in [-0.05, 0) is 57.6 Å². The number of likely N-dealkylation sites (tertiary alicyclic amines) is 1. The van der Waals surface area contributed by atoms with Crippen molar-refractivity contribution in [2.24, 2.45) is 12.5 Å². The lowest BCUT2D eigenvalue weighted by atomic mass is 9.85. The molecule has 1 saturated heterocycles. The summed E-state index contributed by atoms with van der Waals surface area (Å²) in [4.78, 5) is 78.6. The maximum atomic E-state index is 14.5. The molecule has 3 aromatic heterocycles. The van der Waals surface area contributed by atoms with Gasteiger partial charge in [-0.25, -0.2) is 9.78 Å². The van der Waals surface area contributed by atoms with Gasteiger partial charge in [0, 0.05) is 31.2 Å². The first-order chi connectivity index (χ1) is 23.9. The number of nitrogens with one attached hydrogen (secondary N) is 4. The molecule has 0 radical (unpaired) electrons. The van der Waals surface area contributed by atoms with Crippen LogP contribution in [0.2, 0.25) is 0 Å². The van der Waals surface area contributed by atoms with Gasteiger partial charge in [0.2, 0.25) is 17.6 Å². The smallest absolute Gasteiger partial charge is 0.315 e. The zero-order valence-electron chi connectivity index (χ0n) is 30.7. The van der Waals surface area contributed by atoms with Crippen LogP contribution in [0.5, 0.6) is 5.75 Å². The molecule has 2 aliphatic rings. The highest BCUT2D eigenvalue weighted by Crippen LogP contribution is 2.39. The van der Waals surface area contributed by atoms with Crippen LogP contribution in [0, 0.1) is 5.41 Å². The lowest BCUT2D eigenvalue weighted by Gasteiger charge is -2.36. The van der Waals surface area contributed by atoms with Crippen molar-refractivity contribution in [3.05, 3.63) is 30.9 Å². The first-order valence-electron chi connectivity index (χ1n) is 17.5. The van der Waals surface area contributed by atoms with Gasteiger partial charge >= 0.3 is 6.03 Å². The van der Waals surface area contributed by atoms with E-state index in [1.807, 2.05) is 66.1 Å². The molecule has 5 amide bonds. The number of carbonyl (C=O) groups is 5. The summed E-state index contributed by atoms with van der Waals surface area (Å²) >= 11 is 1.50. The lowest BCUT2D eigenvalue weighted by molar-refractivity contribution is -0.144. The van der Waals surface area contributed by atoms with Crippen LogP contribution in [0.1, 0.15) is 80.6 Å². The highest BCUT2D eigenvalue weighted by atomic mass is 32.1. The van der Waals surface area contributed by atoms with Crippen LogP contribution in [0.4, 0.5) is 4.79 Å². The number of fused-ring (bicyclic) bond motifs is 1. The molecule has 5 rings (SSSR count). The van der Waals surface area contributed by atoms with Crippen LogP contribution in [-0.2, 0) is 26.2 Å². The fourth-order valence-electron chi connectivity index (χ4n) is 6.07. The van der Waals surface area contributed by atoms with Crippen molar-refractivity contribution in [2.45, 2.75) is 116 Å². The SMILES string of the molecule is CCC[C@H](NC(=O)[C@@H]1C[C@@H](Oc2ccnc3cc(-c4cncn4C)sc23)CN1C(=O)[C@@H](NC(=O)NC(C)(C)C)C(C)(C)C)C(=O)C(=O)NC1CC1. The Morgan fingerprint density at radius 3 is 2.41 bits per heavy atom. The maximum Gasteiger partial charge on any atom is 0.315 e. The van der Waals surface area contributed by atoms with Crippen LogP contribution in [-0.4, -0.2) is 91.3 Å². The Bertz CT molecular complexity index is 1790. The summed E-state index contributed by atoms with van der Waals surface area (Å²) in [5.74, 6) is -1.90. The number of aromatic nitrogens is 3. The van der Waals surface area contributed by atoms with E-state index in [4.69, 9.17) is 4.74 Å². The Morgan fingerprint density at radius 2 is 1.80 bits per heavy atom. The number of imidazole rings is 1. The Morgan fingerprint density at radius 1 is 1.08 bits per heavy atom. The van der Waals surface area contributed by atoms with E-state index >= 15 is 0 Å². The first-order valence-corrected chi connectivity index (χ1v) is 18.3. The minimum Gasteiger partial charge on any atom is -0.487 e. The predicted molar refractivity (Wildman–Crippen MR) is 194 cm³/mol. The second-order valence-electron chi connectivity index (χ2n) is 15.6. The lowest BCUT2D eigenvalue weighted by Crippen LogP contribution is -2.61. The Hall–Kier alpha value is -4.53. The first kappa shape index (κ1) is 37.7. The Balaban J connectivity index is 1.43. The fourth-order valence-corrected chi connectivity index (χ4v) is 7.20. The van der Waals surface area contributed by atoms with E-state index in [0.29, 0.717) is 12.2 Å².